The lowest BCUT2D eigenvalue weighted by atomic mass is 10.0. The number of carbonyl (C=O) groups is 2. The quantitative estimate of drug-likeness (QED) is 0.721. The Morgan fingerprint density at radius 3 is 2.57 bits per heavy atom. The highest BCUT2D eigenvalue weighted by molar-refractivity contribution is 5.87. The fraction of sp³-hybridized carbons (Fsp3) is 0.500. The number of ether oxygens (including phenoxy) is 1. The van der Waals surface area contributed by atoms with Crippen LogP contribution in [-0.2, 0) is 16.1 Å². The Morgan fingerprint density at radius 1 is 1.22 bits per heavy atom. The first kappa shape index (κ1) is 19.3. The second-order valence-corrected chi connectivity index (χ2v) is 5.35. The van der Waals surface area contributed by atoms with E-state index < -0.39 is 0 Å². The molecule has 6 nitrogen and oxygen atoms in total. The van der Waals surface area contributed by atoms with Crippen LogP contribution >= 0.6 is 12.4 Å². The summed E-state index contributed by atoms with van der Waals surface area (Å²) in [4.78, 5) is 23.6. The van der Waals surface area contributed by atoms with E-state index in [1.54, 1.807) is 7.11 Å². The van der Waals surface area contributed by atoms with E-state index in [-0.39, 0.29) is 36.8 Å². The van der Waals surface area contributed by atoms with Crippen LogP contribution in [0.15, 0.2) is 24.3 Å². The average molecular weight is 342 g/mol. The number of halogens is 1. The van der Waals surface area contributed by atoms with E-state index >= 15 is 0 Å². The SMILES string of the molecule is COc1ccc(CNC(=O)CNC(=O)C2CCCCN2)cc1.Cl. The molecule has 0 radical (unpaired) electrons. The van der Waals surface area contributed by atoms with Gasteiger partial charge in [0, 0.05) is 6.54 Å². The summed E-state index contributed by atoms with van der Waals surface area (Å²) in [5, 5.41) is 8.61. The lowest BCUT2D eigenvalue weighted by Gasteiger charge is -2.22. The number of hydrogen-bond donors (Lipinski definition) is 3. The lowest BCUT2D eigenvalue weighted by molar-refractivity contribution is -0.127. The molecule has 1 saturated heterocycles. The highest BCUT2D eigenvalue weighted by Gasteiger charge is 2.20. The van der Waals surface area contributed by atoms with E-state index in [0.717, 1.165) is 37.1 Å². The highest BCUT2D eigenvalue weighted by atomic mass is 35.5. The molecule has 0 aliphatic carbocycles. The Kier molecular flexibility index (Phi) is 8.43. The minimum absolute atomic E-state index is 0. The monoisotopic (exact) mass is 341 g/mol. The van der Waals surface area contributed by atoms with Gasteiger partial charge in [0.25, 0.3) is 0 Å². The normalized spacial score (nSPS) is 16.8. The van der Waals surface area contributed by atoms with Crippen LogP contribution in [0.5, 0.6) is 5.75 Å². The molecule has 2 rings (SSSR count). The van der Waals surface area contributed by atoms with Crippen LogP contribution in [0, 0.1) is 0 Å². The maximum atomic E-state index is 11.9. The number of methoxy groups -OCH3 is 1. The molecule has 1 aromatic carbocycles. The van der Waals surface area contributed by atoms with Crippen molar-refractivity contribution in [2.75, 3.05) is 20.2 Å². The van der Waals surface area contributed by atoms with Crippen molar-refractivity contribution in [3.05, 3.63) is 29.8 Å². The molecule has 1 aliphatic rings. The predicted molar refractivity (Wildman–Crippen MR) is 90.7 cm³/mol. The van der Waals surface area contributed by atoms with Crippen molar-refractivity contribution >= 4 is 24.2 Å². The van der Waals surface area contributed by atoms with Gasteiger partial charge in [-0.1, -0.05) is 18.6 Å². The average Bonchev–Trinajstić information content (AvgIpc) is 2.59. The van der Waals surface area contributed by atoms with Crippen LogP contribution in [0.3, 0.4) is 0 Å². The van der Waals surface area contributed by atoms with Gasteiger partial charge in [0.2, 0.25) is 11.8 Å². The zero-order chi connectivity index (χ0) is 15.8. The van der Waals surface area contributed by atoms with E-state index in [9.17, 15) is 9.59 Å². The number of rotatable bonds is 6. The molecular formula is C16H24ClN3O3. The van der Waals surface area contributed by atoms with Gasteiger partial charge in [0.15, 0.2) is 0 Å². The van der Waals surface area contributed by atoms with Gasteiger partial charge in [-0.3, -0.25) is 9.59 Å². The Morgan fingerprint density at radius 2 is 1.96 bits per heavy atom. The smallest absolute Gasteiger partial charge is 0.239 e. The lowest BCUT2D eigenvalue weighted by Crippen LogP contribution is -2.48. The maximum Gasteiger partial charge on any atom is 0.239 e. The minimum Gasteiger partial charge on any atom is -0.497 e. The number of piperidine rings is 1. The molecular weight excluding hydrogens is 318 g/mol. The third kappa shape index (κ3) is 6.46. The van der Waals surface area contributed by atoms with E-state index in [4.69, 9.17) is 4.74 Å². The van der Waals surface area contributed by atoms with Crippen molar-refractivity contribution < 1.29 is 14.3 Å². The molecule has 1 heterocycles. The molecule has 1 atom stereocenters. The third-order valence-corrected chi connectivity index (χ3v) is 3.70. The third-order valence-electron chi connectivity index (χ3n) is 3.70. The summed E-state index contributed by atoms with van der Waals surface area (Å²) in [5.41, 5.74) is 0.981. The van der Waals surface area contributed by atoms with Crippen molar-refractivity contribution in [1.29, 1.82) is 0 Å². The number of nitrogens with one attached hydrogen (secondary N) is 3. The van der Waals surface area contributed by atoms with Gasteiger partial charge in [-0.05, 0) is 37.1 Å². The Labute approximate surface area is 142 Å². The van der Waals surface area contributed by atoms with Gasteiger partial charge < -0.3 is 20.7 Å². The van der Waals surface area contributed by atoms with Gasteiger partial charge in [0.1, 0.15) is 5.75 Å². The van der Waals surface area contributed by atoms with Gasteiger partial charge in [-0.25, -0.2) is 0 Å². The molecule has 2 amide bonds. The summed E-state index contributed by atoms with van der Waals surface area (Å²) in [6.07, 6.45) is 2.99. The van der Waals surface area contributed by atoms with E-state index in [1.165, 1.54) is 0 Å². The van der Waals surface area contributed by atoms with Crippen LogP contribution in [-0.4, -0.2) is 38.1 Å². The number of amides is 2. The van der Waals surface area contributed by atoms with Crippen molar-refractivity contribution in [3.8, 4) is 5.75 Å². The van der Waals surface area contributed by atoms with Crippen molar-refractivity contribution in [3.63, 3.8) is 0 Å². The van der Waals surface area contributed by atoms with Gasteiger partial charge in [-0.15, -0.1) is 12.4 Å². The molecule has 7 heteroatoms. The standard InChI is InChI=1S/C16H23N3O3.ClH/c1-22-13-7-5-12(6-8-13)10-18-15(20)11-19-16(21)14-4-2-3-9-17-14;/h5-8,14,17H,2-4,9-11H2,1H3,(H,18,20)(H,19,21);1H. The first-order chi connectivity index (χ1) is 10.7. The van der Waals surface area contributed by atoms with Crippen LogP contribution in [0.25, 0.3) is 0 Å². The molecule has 1 aromatic rings. The van der Waals surface area contributed by atoms with E-state index in [0.29, 0.717) is 6.54 Å². The summed E-state index contributed by atoms with van der Waals surface area (Å²) >= 11 is 0. The van der Waals surface area contributed by atoms with Crippen molar-refractivity contribution in [1.82, 2.24) is 16.0 Å². The Balaban J connectivity index is 0.00000264. The van der Waals surface area contributed by atoms with Crippen LogP contribution < -0.4 is 20.7 Å². The van der Waals surface area contributed by atoms with Gasteiger partial charge >= 0.3 is 0 Å². The molecule has 0 aromatic heterocycles. The van der Waals surface area contributed by atoms with Crippen LogP contribution in [0.4, 0.5) is 0 Å². The fourth-order valence-electron chi connectivity index (χ4n) is 2.37. The summed E-state index contributed by atoms with van der Waals surface area (Å²) in [7, 11) is 1.61. The largest absolute Gasteiger partial charge is 0.497 e. The van der Waals surface area contributed by atoms with Crippen LogP contribution in [0.1, 0.15) is 24.8 Å². The Bertz CT molecular complexity index is 502. The van der Waals surface area contributed by atoms with Gasteiger partial charge in [0.05, 0.1) is 19.7 Å². The first-order valence-corrected chi connectivity index (χ1v) is 7.60. The minimum atomic E-state index is -0.194. The molecule has 0 bridgehead atoms. The highest BCUT2D eigenvalue weighted by Crippen LogP contribution is 2.10. The second-order valence-electron chi connectivity index (χ2n) is 5.35. The number of carbonyl (C=O) groups excluding carboxylic acids is 2. The van der Waals surface area contributed by atoms with E-state index in [1.807, 2.05) is 24.3 Å². The topological polar surface area (TPSA) is 79.5 Å². The van der Waals surface area contributed by atoms with Crippen LogP contribution in [0.2, 0.25) is 0 Å². The fourth-order valence-corrected chi connectivity index (χ4v) is 2.37. The summed E-state index contributed by atoms with van der Waals surface area (Å²) in [6.45, 7) is 1.30. The maximum absolute atomic E-state index is 11.9. The first-order valence-electron chi connectivity index (χ1n) is 7.60. The summed E-state index contributed by atoms with van der Waals surface area (Å²) in [6, 6.07) is 7.31. The zero-order valence-corrected chi connectivity index (χ0v) is 14.1. The molecule has 1 unspecified atom stereocenters. The summed E-state index contributed by atoms with van der Waals surface area (Å²) in [5.74, 6) is 0.488. The molecule has 1 fully saturated rings. The molecule has 3 N–H and O–H groups in total. The molecule has 0 spiro atoms. The predicted octanol–water partition coefficient (Wildman–Crippen LogP) is 0.991. The number of hydrogen-bond acceptors (Lipinski definition) is 4. The number of benzene rings is 1. The van der Waals surface area contributed by atoms with Crippen molar-refractivity contribution in [2.24, 2.45) is 0 Å². The zero-order valence-electron chi connectivity index (χ0n) is 13.3. The molecule has 23 heavy (non-hydrogen) atoms. The van der Waals surface area contributed by atoms with Crippen molar-refractivity contribution in [2.45, 2.75) is 31.8 Å². The summed E-state index contributed by atoms with van der Waals surface area (Å²) < 4.78 is 5.08. The molecule has 0 saturated carbocycles. The van der Waals surface area contributed by atoms with Gasteiger partial charge in [-0.2, -0.15) is 0 Å². The Hall–Kier alpha value is -1.79. The van der Waals surface area contributed by atoms with E-state index in [2.05, 4.69) is 16.0 Å². The molecule has 1 aliphatic heterocycles. The molecule has 128 valence electrons. The second kappa shape index (κ2) is 10.1.